The third kappa shape index (κ3) is 1.15. The van der Waals surface area contributed by atoms with Crippen molar-refractivity contribution in [2.75, 3.05) is 0 Å². The first-order chi connectivity index (χ1) is 4.75. The number of hydrogen-bond acceptors (Lipinski definition) is 4. The minimum atomic E-state index is -0.0123. The van der Waals surface area contributed by atoms with Gasteiger partial charge in [0.2, 0.25) is 0 Å². The van der Waals surface area contributed by atoms with E-state index in [9.17, 15) is 0 Å². The molecule has 0 unspecified atom stereocenters. The van der Waals surface area contributed by atoms with Gasteiger partial charge in [0, 0.05) is 0 Å². The van der Waals surface area contributed by atoms with Crippen LogP contribution in [-0.2, 0) is 0 Å². The fourth-order valence-corrected chi connectivity index (χ4v) is 0.604. The molecule has 0 aromatic carbocycles. The van der Waals surface area contributed by atoms with E-state index in [0.717, 1.165) is 0 Å². The van der Waals surface area contributed by atoms with E-state index in [0.29, 0.717) is 0 Å². The second-order valence-electron chi connectivity index (χ2n) is 1.35. The summed E-state index contributed by atoms with van der Waals surface area (Å²) in [5, 5.41) is 18.2. The van der Waals surface area contributed by atoms with Crippen LogP contribution in [0, 0.1) is 11.3 Å². The summed E-state index contributed by atoms with van der Waals surface area (Å²) in [5.41, 5.74) is -0.0123. The molecule has 1 heterocycles. The Kier molecular flexibility index (Phi) is 2.00. The number of aromatic nitrogens is 3. The van der Waals surface area contributed by atoms with E-state index < -0.39 is 0 Å². The van der Waals surface area contributed by atoms with E-state index in [1.807, 2.05) is 0 Å². The molecule has 6 heteroatoms. The average molecular weight is 175 g/mol. The topological polar surface area (TPSA) is 62.5 Å². The van der Waals surface area contributed by atoms with E-state index in [2.05, 4.69) is 15.4 Å². The highest BCUT2D eigenvalue weighted by atomic mass is 35.5. The standard InChI is InChI=1S/C4Cl2N4/c5-3-2(1-7)8-10-9-4(3)6. The molecule has 0 atom stereocenters. The molecule has 0 aliphatic carbocycles. The van der Waals surface area contributed by atoms with Crippen molar-refractivity contribution in [3.63, 3.8) is 0 Å². The summed E-state index contributed by atoms with van der Waals surface area (Å²) in [6.45, 7) is 0. The van der Waals surface area contributed by atoms with Crippen molar-refractivity contribution in [2.45, 2.75) is 0 Å². The predicted octanol–water partition coefficient (Wildman–Crippen LogP) is 1.05. The predicted molar refractivity (Wildman–Crippen MR) is 34.6 cm³/mol. The van der Waals surface area contributed by atoms with E-state index in [4.69, 9.17) is 28.5 Å². The largest absolute Gasteiger partial charge is 0.191 e. The Balaban J connectivity index is 3.31. The number of hydrogen-bond donors (Lipinski definition) is 0. The minimum absolute atomic E-state index is 0.00628. The Morgan fingerprint density at radius 1 is 1.30 bits per heavy atom. The molecule has 0 fully saturated rings. The van der Waals surface area contributed by atoms with Gasteiger partial charge in [0.05, 0.1) is 0 Å². The molecule has 0 aliphatic rings. The van der Waals surface area contributed by atoms with E-state index in [1.54, 1.807) is 6.07 Å². The highest BCUT2D eigenvalue weighted by Crippen LogP contribution is 2.19. The zero-order chi connectivity index (χ0) is 7.56. The van der Waals surface area contributed by atoms with Gasteiger partial charge in [-0.3, -0.25) is 0 Å². The van der Waals surface area contributed by atoms with E-state index >= 15 is 0 Å². The Morgan fingerprint density at radius 3 is 2.50 bits per heavy atom. The molecule has 0 bridgehead atoms. The zero-order valence-corrected chi connectivity index (χ0v) is 6.06. The van der Waals surface area contributed by atoms with Gasteiger partial charge >= 0.3 is 0 Å². The van der Waals surface area contributed by atoms with E-state index in [-0.39, 0.29) is 15.9 Å². The smallest absolute Gasteiger partial charge is 0.186 e. The first kappa shape index (κ1) is 7.19. The Labute approximate surface area is 66.4 Å². The summed E-state index contributed by atoms with van der Waals surface area (Å²) in [5.74, 6) is 0. The molecule has 1 aromatic rings. The third-order valence-corrected chi connectivity index (χ3v) is 1.49. The van der Waals surface area contributed by atoms with Crippen molar-refractivity contribution in [3.8, 4) is 6.07 Å². The van der Waals surface area contributed by atoms with Gasteiger partial charge in [-0.05, 0) is 5.21 Å². The van der Waals surface area contributed by atoms with E-state index in [1.165, 1.54) is 0 Å². The van der Waals surface area contributed by atoms with Crippen LogP contribution >= 0.6 is 23.2 Å². The Bertz CT molecular complexity index is 292. The maximum Gasteiger partial charge on any atom is 0.186 e. The van der Waals surface area contributed by atoms with Gasteiger partial charge in [0.1, 0.15) is 11.1 Å². The van der Waals surface area contributed by atoms with Gasteiger partial charge < -0.3 is 0 Å². The van der Waals surface area contributed by atoms with Gasteiger partial charge in [0.15, 0.2) is 10.8 Å². The van der Waals surface area contributed by atoms with Crippen LogP contribution in [0.15, 0.2) is 0 Å². The summed E-state index contributed by atoms with van der Waals surface area (Å²) in [7, 11) is 0. The summed E-state index contributed by atoms with van der Waals surface area (Å²) < 4.78 is 0. The van der Waals surface area contributed by atoms with Crippen LogP contribution in [0.5, 0.6) is 0 Å². The van der Waals surface area contributed by atoms with Crippen LogP contribution in [-0.4, -0.2) is 15.4 Å². The quantitative estimate of drug-likeness (QED) is 0.591. The summed E-state index contributed by atoms with van der Waals surface area (Å²) in [6, 6.07) is 1.71. The number of rotatable bonds is 0. The van der Waals surface area contributed by atoms with Crippen molar-refractivity contribution in [3.05, 3.63) is 15.9 Å². The van der Waals surface area contributed by atoms with Crippen LogP contribution in [0.1, 0.15) is 5.69 Å². The molecule has 0 aliphatic heterocycles. The van der Waals surface area contributed by atoms with Gasteiger partial charge in [-0.15, -0.1) is 10.2 Å². The lowest BCUT2D eigenvalue weighted by Crippen LogP contribution is -1.92. The molecule has 50 valence electrons. The normalized spacial score (nSPS) is 8.90. The SMILES string of the molecule is N#Cc1nnnc(Cl)c1Cl. The highest BCUT2D eigenvalue weighted by Gasteiger charge is 2.05. The molecule has 0 saturated carbocycles. The lowest BCUT2D eigenvalue weighted by atomic mass is 10.5. The maximum absolute atomic E-state index is 8.32. The van der Waals surface area contributed by atoms with Gasteiger partial charge in [-0.1, -0.05) is 23.2 Å². The van der Waals surface area contributed by atoms with Gasteiger partial charge in [-0.25, -0.2) is 0 Å². The Morgan fingerprint density at radius 2 is 2.00 bits per heavy atom. The van der Waals surface area contributed by atoms with Crippen LogP contribution in [0.4, 0.5) is 0 Å². The monoisotopic (exact) mass is 174 g/mol. The van der Waals surface area contributed by atoms with Crippen molar-refractivity contribution in [2.24, 2.45) is 0 Å². The molecular formula is C4Cl2N4. The molecule has 0 spiro atoms. The fraction of sp³-hybridized carbons (Fsp3) is 0. The first-order valence-electron chi connectivity index (χ1n) is 2.20. The molecule has 4 nitrogen and oxygen atoms in total. The second kappa shape index (κ2) is 2.78. The Hall–Kier alpha value is -0.920. The average Bonchev–Trinajstić information content (AvgIpc) is 1.95. The molecule has 1 aromatic heterocycles. The van der Waals surface area contributed by atoms with Crippen molar-refractivity contribution < 1.29 is 0 Å². The molecule has 0 N–H and O–H groups in total. The maximum atomic E-state index is 8.32. The van der Waals surface area contributed by atoms with Crippen LogP contribution < -0.4 is 0 Å². The van der Waals surface area contributed by atoms with Gasteiger partial charge in [-0.2, -0.15) is 5.26 Å². The second-order valence-corrected chi connectivity index (χ2v) is 2.09. The fourth-order valence-electron chi connectivity index (χ4n) is 0.363. The van der Waals surface area contributed by atoms with Crippen LogP contribution in [0.3, 0.4) is 0 Å². The highest BCUT2D eigenvalue weighted by molar-refractivity contribution is 6.41. The summed E-state index contributed by atoms with van der Waals surface area (Å²) in [4.78, 5) is 0. The molecular weight excluding hydrogens is 175 g/mol. The molecule has 0 radical (unpaired) electrons. The molecule has 10 heavy (non-hydrogen) atoms. The van der Waals surface area contributed by atoms with Crippen LogP contribution in [0.25, 0.3) is 0 Å². The molecule has 0 saturated heterocycles. The number of nitriles is 1. The van der Waals surface area contributed by atoms with Crippen LogP contribution in [0.2, 0.25) is 10.2 Å². The lowest BCUT2D eigenvalue weighted by Gasteiger charge is -1.90. The van der Waals surface area contributed by atoms with Crippen molar-refractivity contribution >= 4 is 23.2 Å². The lowest BCUT2D eigenvalue weighted by molar-refractivity contribution is 0.855. The first-order valence-corrected chi connectivity index (χ1v) is 2.95. The van der Waals surface area contributed by atoms with Gasteiger partial charge in [0.25, 0.3) is 0 Å². The van der Waals surface area contributed by atoms with Crippen molar-refractivity contribution in [1.82, 2.24) is 15.4 Å². The van der Waals surface area contributed by atoms with Crippen molar-refractivity contribution in [1.29, 1.82) is 5.26 Å². The summed E-state index contributed by atoms with van der Waals surface area (Å²) >= 11 is 10.9. The molecule has 1 rings (SSSR count). The third-order valence-electron chi connectivity index (χ3n) is 0.772. The molecule has 0 amide bonds. The minimum Gasteiger partial charge on any atom is -0.191 e. The number of halogens is 2. The summed E-state index contributed by atoms with van der Waals surface area (Å²) in [6.07, 6.45) is 0. The number of nitrogens with zero attached hydrogens (tertiary/aromatic N) is 4. The zero-order valence-electron chi connectivity index (χ0n) is 4.54.